The number of nitrogens with zero attached hydrogens (tertiary/aromatic N) is 4. The van der Waals surface area contributed by atoms with Crippen molar-refractivity contribution < 1.29 is 0 Å². The lowest BCUT2D eigenvalue weighted by Crippen LogP contribution is -2.26. The molecule has 3 rings (SSSR count). The Bertz CT molecular complexity index is 410. The molecule has 0 aromatic carbocycles. The summed E-state index contributed by atoms with van der Waals surface area (Å²) in [7, 11) is 0. The molecule has 2 heterocycles. The second kappa shape index (κ2) is 3.63. The van der Waals surface area contributed by atoms with E-state index < -0.39 is 0 Å². The molecule has 0 spiro atoms. The molecule has 1 saturated carbocycles. The number of thioether (sulfide) groups is 1. The summed E-state index contributed by atoms with van der Waals surface area (Å²) in [5, 5.41) is 14.6. The monoisotopic (exact) mass is 222 g/mol. The van der Waals surface area contributed by atoms with Gasteiger partial charge in [0.1, 0.15) is 0 Å². The Labute approximate surface area is 93.2 Å². The van der Waals surface area contributed by atoms with Crippen molar-refractivity contribution in [3.8, 4) is 0 Å². The van der Waals surface area contributed by atoms with Crippen LogP contribution in [0.4, 0.5) is 0 Å². The zero-order valence-corrected chi connectivity index (χ0v) is 9.63. The van der Waals surface area contributed by atoms with E-state index in [1.54, 1.807) is 0 Å². The van der Waals surface area contributed by atoms with Gasteiger partial charge in [0.25, 0.3) is 0 Å². The highest BCUT2D eigenvalue weighted by Crippen LogP contribution is 2.35. The predicted molar refractivity (Wildman–Crippen MR) is 60.3 cm³/mol. The summed E-state index contributed by atoms with van der Waals surface area (Å²) in [6.07, 6.45) is 5.91. The summed E-state index contributed by atoms with van der Waals surface area (Å²) < 4.78 is 1.93. The maximum Gasteiger partial charge on any atom is 0.212 e. The van der Waals surface area contributed by atoms with Crippen molar-refractivity contribution in [1.82, 2.24) is 14.9 Å². The molecular weight excluding hydrogens is 208 g/mol. The fourth-order valence-corrected chi connectivity index (χ4v) is 3.32. The van der Waals surface area contributed by atoms with Crippen molar-refractivity contribution in [2.24, 2.45) is 5.10 Å². The third-order valence-electron chi connectivity index (χ3n) is 2.99. The van der Waals surface area contributed by atoms with E-state index in [-0.39, 0.29) is 0 Å². The van der Waals surface area contributed by atoms with Crippen LogP contribution >= 0.6 is 11.8 Å². The Morgan fingerprint density at radius 2 is 2.33 bits per heavy atom. The van der Waals surface area contributed by atoms with Crippen molar-refractivity contribution in [3.05, 3.63) is 5.82 Å². The fraction of sp³-hybridized carbons (Fsp3) is 0.700. The standard InChI is InChI=1S/C10H14N4S/c1-2-9-11-12-10-14(9)13-7-5-3-4-6-8(7)15-10/h8H,2-6H2,1H3. The van der Waals surface area contributed by atoms with Gasteiger partial charge in [0.05, 0.1) is 11.0 Å². The molecule has 5 heteroatoms. The molecular formula is C10H14N4S. The van der Waals surface area contributed by atoms with Crippen molar-refractivity contribution in [2.45, 2.75) is 49.4 Å². The minimum Gasteiger partial charge on any atom is -0.192 e. The van der Waals surface area contributed by atoms with Crippen LogP contribution in [0, 0.1) is 0 Å². The van der Waals surface area contributed by atoms with Gasteiger partial charge in [-0.15, -0.1) is 10.2 Å². The van der Waals surface area contributed by atoms with Crippen molar-refractivity contribution in [3.63, 3.8) is 0 Å². The summed E-state index contributed by atoms with van der Waals surface area (Å²) in [6.45, 7) is 2.09. The Morgan fingerprint density at radius 3 is 3.20 bits per heavy atom. The molecule has 1 aromatic rings. The molecule has 80 valence electrons. The molecule has 4 nitrogen and oxygen atoms in total. The number of hydrogen-bond acceptors (Lipinski definition) is 4. The lowest BCUT2D eigenvalue weighted by atomic mass is 9.98. The first-order valence-corrected chi connectivity index (χ1v) is 6.45. The van der Waals surface area contributed by atoms with Gasteiger partial charge in [-0.05, 0) is 19.3 Å². The van der Waals surface area contributed by atoms with E-state index in [1.807, 2.05) is 16.4 Å². The average Bonchev–Trinajstić information content (AvgIpc) is 2.68. The van der Waals surface area contributed by atoms with Crippen LogP contribution < -0.4 is 0 Å². The minimum atomic E-state index is 0.570. The second-order valence-corrected chi connectivity index (χ2v) is 5.18. The van der Waals surface area contributed by atoms with Gasteiger partial charge in [0.2, 0.25) is 5.16 Å². The van der Waals surface area contributed by atoms with Crippen molar-refractivity contribution >= 4 is 17.5 Å². The van der Waals surface area contributed by atoms with Crippen LogP contribution in [0.5, 0.6) is 0 Å². The Morgan fingerprint density at radius 1 is 1.40 bits per heavy atom. The van der Waals surface area contributed by atoms with Crippen molar-refractivity contribution in [1.29, 1.82) is 0 Å². The molecule has 1 aromatic heterocycles. The number of aryl methyl sites for hydroxylation is 1. The molecule has 1 fully saturated rings. The summed E-state index contributed by atoms with van der Waals surface area (Å²) in [4.78, 5) is 0. The van der Waals surface area contributed by atoms with Gasteiger partial charge in [-0.2, -0.15) is 9.78 Å². The Kier molecular flexibility index (Phi) is 2.27. The maximum atomic E-state index is 4.69. The van der Waals surface area contributed by atoms with Crippen LogP contribution in [0.1, 0.15) is 38.4 Å². The van der Waals surface area contributed by atoms with Gasteiger partial charge < -0.3 is 0 Å². The first kappa shape index (κ1) is 9.39. The molecule has 0 bridgehead atoms. The lowest BCUT2D eigenvalue weighted by molar-refractivity contribution is 0.631. The Balaban J connectivity index is 2.01. The number of aromatic nitrogens is 3. The number of fused-ring (bicyclic) bond motifs is 2. The highest BCUT2D eigenvalue weighted by Gasteiger charge is 2.28. The summed E-state index contributed by atoms with van der Waals surface area (Å²) >= 11 is 1.84. The Hall–Kier alpha value is -0.840. The van der Waals surface area contributed by atoms with Crippen LogP contribution in [0.3, 0.4) is 0 Å². The molecule has 0 saturated heterocycles. The topological polar surface area (TPSA) is 43.1 Å². The third kappa shape index (κ3) is 1.49. The molecule has 1 aliphatic carbocycles. The molecule has 15 heavy (non-hydrogen) atoms. The minimum absolute atomic E-state index is 0.570. The van der Waals surface area contributed by atoms with Crippen molar-refractivity contribution in [2.75, 3.05) is 0 Å². The van der Waals surface area contributed by atoms with Crippen LogP contribution in [-0.4, -0.2) is 25.8 Å². The van der Waals surface area contributed by atoms with E-state index in [1.165, 1.54) is 25.0 Å². The summed E-state index contributed by atoms with van der Waals surface area (Å²) in [6, 6.07) is 0. The van der Waals surface area contributed by atoms with Crippen LogP contribution in [0.25, 0.3) is 0 Å². The van der Waals surface area contributed by atoms with E-state index in [0.717, 1.165) is 23.8 Å². The predicted octanol–water partition coefficient (Wildman–Crippen LogP) is 2.09. The lowest BCUT2D eigenvalue weighted by Gasteiger charge is -2.26. The summed E-state index contributed by atoms with van der Waals surface area (Å²) in [5.74, 6) is 0.981. The fourth-order valence-electron chi connectivity index (χ4n) is 2.15. The first-order valence-electron chi connectivity index (χ1n) is 5.57. The maximum absolute atomic E-state index is 4.69. The zero-order chi connectivity index (χ0) is 10.3. The van der Waals surface area contributed by atoms with E-state index in [0.29, 0.717) is 5.25 Å². The molecule has 2 aliphatic rings. The van der Waals surface area contributed by atoms with E-state index in [2.05, 4.69) is 22.2 Å². The van der Waals surface area contributed by atoms with Gasteiger partial charge >= 0.3 is 0 Å². The second-order valence-electron chi connectivity index (χ2n) is 4.01. The van der Waals surface area contributed by atoms with Crippen LogP contribution in [-0.2, 0) is 6.42 Å². The van der Waals surface area contributed by atoms with Gasteiger partial charge in [-0.3, -0.25) is 0 Å². The average molecular weight is 222 g/mol. The zero-order valence-electron chi connectivity index (χ0n) is 8.81. The first-order chi connectivity index (χ1) is 7.38. The molecule has 1 unspecified atom stereocenters. The molecule has 0 radical (unpaired) electrons. The molecule has 1 atom stereocenters. The smallest absolute Gasteiger partial charge is 0.192 e. The molecule has 0 N–H and O–H groups in total. The third-order valence-corrected chi connectivity index (χ3v) is 4.25. The van der Waals surface area contributed by atoms with Gasteiger partial charge in [-0.25, -0.2) is 0 Å². The SMILES string of the molecule is CCc1nnc2n1N=C1CCCCC1S2. The highest BCUT2D eigenvalue weighted by molar-refractivity contribution is 8.00. The van der Waals surface area contributed by atoms with Gasteiger partial charge in [-0.1, -0.05) is 25.1 Å². The summed E-state index contributed by atoms with van der Waals surface area (Å²) in [5.41, 5.74) is 1.34. The van der Waals surface area contributed by atoms with E-state index >= 15 is 0 Å². The normalized spacial score (nSPS) is 24.3. The van der Waals surface area contributed by atoms with Gasteiger partial charge in [0, 0.05) is 6.42 Å². The van der Waals surface area contributed by atoms with E-state index in [9.17, 15) is 0 Å². The largest absolute Gasteiger partial charge is 0.212 e. The number of rotatable bonds is 1. The van der Waals surface area contributed by atoms with E-state index in [4.69, 9.17) is 0 Å². The molecule has 0 amide bonds. The number of hydrogen-bond donors (Lipinski definition) is 0. The highest BCUT2D eigenvalue weighted by atomic mass is 32.2. The quantitative estimate of drug-likeness (QED) is 0.730. The molecule has 1 aliphatic heterocycles. The van der Waals surface area contributed by atoms with Crippen LogP contribution in [0.2, 0.25) is 0 Å². The van der Waals surface area contributed by atoms with Gasteiger partial charge in [0.15, 0.2) is 5.82 Å². The van der Waals surface area contributed by atoms with Crippen LogP contribution in [0.15, 0.2) is 10.3 Å².